The van der Waals surface area contributed by atoms with Gasteiger partial charge in [-0.05, 0) is 48.5 Å². The number of phenolic OH excluding ortho intramolecular Hbond substituents is 2. The van der Waals surface area contributed by atoms with Crippen LogP contribution in [0.5, 0.6) is 11.5 Å². The summed E-state index contributed by atoms with van der Waals surface area (Å²) in [6.07, 6.45) is 2.96. The van der Waals surface area contributed by atoms with E-state index >= 15 is 0 Å². The summed E-state index contributed by atoms with van der Waals surface area (Å²) in [6.45, 7) is 0. The molecule has 9 heteroatoms. The van der Waals surface area contributed by atoms with E-state index in [-0.39, 0.29) is 44.4 Å². The summed E-state index contributed by atoms with van der Waals surface area (Å²) in [5.74, 6) is -0.737. The van der Waals surface area contributed by atoms with Crippen LogP contribution in [0, 0.1) is 0 Å². The van der Waals surface area contributed by atoms with Crippen molar-refractivity contribution in [2.45, 2.75) is 0 Å². The first-order valence-electron chi connectivity index (χ1n) is 9.70. The van der Waals surface area contributed by atoms with Gasteiger partial charge in [-0.15, -0.1) is 0 Å². The molecule has 0 unspecified atom stereocenters. The average Bonchev–Trinajstić information content (AvgIpc) is 2.81. The Morgan fingerprint density at radius 3 is 1.45 bits per heavy atom. The van der Waals surface area contributed by atoms with Crippen LogP contribution in [0.15, 0.2) is 70.6 Å². The number of rotatable bonds is 6. The zero-order chi connectivity index (χ0) is 23.1. The van der Waals surface area contributed by atoms with Crippen molar-refractivity contribution in [3.05, 3.63) is 82.9 Å². The molecule has 33 heavy (non-hydrogen) atoms. The first kappa shape index (κ1) is 25.5. The Bertz CT molecular complexity index is 1130. The molecule has 0 saturated heterocycles. The van der Waals surface area contributed by atoms with Gasteiger partial charge in [-0.3, -0.25) is 19.6 Å². The minimum atomic E-state index is -0.296. The van der Waals surface area contributed by atoms with Gasteiger partial charge in [-0.2, -0.15) is 0 Å². The summed E-state index contributed by atoms with van der Waals surface area (Å²) in [7, 11) is 3.03. The summed E-state index contributed by atoms with van der Waals surface area (Å²) >= 11 is 0. The summed E-state index contributed by atoms with van der Waals surface area (Å²) in [5, 5.41) is 25.4. The van der Waals surface area contributed by atoms with Crippen LogP contribution in [0.1, 0.15) is 31.8 Å². The molecule has 0 aromatic heterocycles. The van der Waals surface area contributed by atoms with Gasteiger partial charge in [0.2, 0.25) is 0 Å². The van der Waals surface area contributed by atoms with Crippen molar-refractivity contribution in [3.63, 3.8) is 0 Å². The summed E-state index contributed by atoms with van der Waals surface area (Å²) < 4.78 is 0. The van der Waals surface area contributed by atoms with Crippen molar-refractivity contribution in [1.29, 1.82) is 0 Å². The number of para-hydroxylation sites is 2. The Balaban J connectivity index is 0.00000385. The Labute approximate surface area is 205 Å². The van der Waals surface area contributed by atoms with E-state index in [1.54, 1.807) is 48.5 Å². The normalized spacial score (nSPS) is 10.7. The summed E-state index contributed by atoms with van der Waals surface area (Å²) in [6, 6.07) is 16.2. The molecule has 0 fully saturated rings. The van der Waals surface area contributed by atoms with Gasteiger partial charge in [0.1, 0.15) is 11.5 Å². The van der Waals surface area contributed by atoms with Gasteiger partial charge in [0.15, 0.2) is 0 Å². The van der Waals surface area contributed by atoms with Crippen LogP contribution in [0.4, 0.5) is 11.4 Å². The van der Waals surface area contributed by atoms with Crippen molar-refractivity contribution in [2.75, 3.05) is 14.1 Å². The third-order valence-electron chi connectivity index (χ3n) is 4.61. The van der Waals surface area contributed by atoms with Gasteiger partial charge < -0.3 is 20.8 Å². The molecular formula is C24H22N4O4Pt. The van der Waals surface area contributed by atoms with Crippen LogP contribution in [0.25, 0.3) is 0 Å². The van der Waals surface area contributed by atoms with E-state index < -0.39 is 0 Å². The van der Waals surface area contributed by atoms with Gasteiger partial charge in [0.05, 0.1) is 11.4 Å². The number of nitrogens with zero attached hydrogens (tertiary/aromatic N) is 2. The van der Waals surface area contributed by atoms with Crippen LogP contribution in [-0.2, 0) is 21.1 Å². The molecule has 172 valence electrons. The molecule has 3 aromatic carbocycles. The molecule has 0 atom stereocenters. The van der Waals surface area contributed by atoms with E-state index in [1.807, 2.05) is 0 Å². The van der Waals surface area contributed by atoms with E-state index in [0.717, 1.165) is 0 Å². The predicted octanol–water partition coefficient (Wildman–Crippen LogP) is 3.32. The molecule has 0 saturated carbocycles. The fraction of sp³-hybridized carbons (Fsp3) is 0.0833. The second-order valence-corrected chi connectivity index (χ2v) is 6.71. The fourth-order valence-corrected chi connectivity index (χ4v) is 2.84. The van der Waals surface area contributed by atoms with Crippen molar-refractivity contribution >= 4 is 35.6 Å². The van der Waals surface area contributed by atoms with E-state index in [9.17, 15) is 19.8 Å². The number of hydrogen-bond acceptors (Lipinski definition) is 6. The molecule has 0 aliphatic carbocycles. The van der Waals surface area contributed by atoms with Crippen LogP contribution >= 0.6 is 0 Å². The number of amides is 2. The molecule has 0 aliphatic rings. The van der Waals surface area contributed by atoms with Gasteiger partial charge in [0.25, 0.3) is 11.8 Å². The number of benzene rings is 3. The van der Waals surface area contributed by atoms with Crippen LogP contribution in [0.3, 0.4) is 0 Å². The number of carbonyl (C=O) groups is 2. The van der Waals surface area contributed by atoms with Gasteiger partial charge >= 0.3 is 0 Å². The molecule has 0 bridgehead atoms. The van der Waals surface area contributed by atoms with Crippen molar-refractivity contribution in [1.82, 2.24) is 10.6 Å². The molecule has 8 nitrogen and oxygen atoms in total. The maximum atomic E-state index is 11.7. The molecule has 3 rings (SSSR count). The predicted molar refractivity (Wildman–Crippen MR) is 124 cm³/mol. The third-order valence-corrected chi connectivity index (χ3v) is 4.61. The van der Waals surface area contributed by atoms with Crippen molar-refractivity contribution in [2.24, 2.45) is 9.98 Å². The summed E-state index contributed by atoms with van der Waals surface area (Å²) in [5.41, 5.74) is 2.65. The van der Waals surface area contributed by atoms with Gasteiger partial charge in [-0.25, -0.2) is 0 Å². The summed E-state index contributed by atoms with van der Waals surface area (Å²) in [4.78, 5) is 32.1. The first-order chi connectivity index (χ1) is 15.4. The quantitative estimate of drug-likeness (QED) is 0.314. The monoisotopic (exact) mass is 625 g/mol. The topological polar surface area (TPSA) is 123 Å². The smallest absolute Gasteiger partial charge is 0.251 e. The number of aromatic hydroxyl groups is 2. The standard InChI is InChI=1S/C24H22N4O4.Pt/c1-25-23(31)15-7-9-17(21(29)11-15)13-27-19-5-3-4-6-20(19)28-14-18-10-8-16(12-22(18)30)24(32)26-2;/h3-14,29-30H,1-2H3,(H,25,31)(H,26,32);. The van der Waals surface area contributed by atoms with Crippen LogP contribution in [-0.4, -0.2) is 48.6 Å². The van der Waals surface area contributed by atoms with Gasteiger partial charge in [-0.1, -0.05) is 12.1 Å². The maximum absolute atomic E-state index is 11.7. The zero-order valence-electron chi connectivity index (χ0n) is 17.8. The Kier molecular flexibility index (Phi) is 9.06. The number of carbonyl (C=O) groups excluding carboxylic acids is 2. The van der Waals surface area contributed by atoms with E-state index in [0.29, 0.717) is 33.6 Å². The molecule has 4 N–H and O–H groups in total. The Morgan fingerprint density at radius 2 is 1.12 bits per heavy atom. The maximum Gasteiger partial charge on any atom is 0.251 e. The minimum absolute atomic E-state index is 0. The van der Waals surface area contributed by atoms with Gasteiger partial charge in [0, 0.05) is 69.8 Å². The first-order valence-corrected chi connectivity index (χ1v) is 9.70. The Hall–Kier alpha value is -3.77. The number of aliphatic imine (C=N–C) groups is 2. The molecule has 0 aliphatic heterocycles. The molecule has 3 aromatic rings. The van der Waals surface area contributed by atoms with Crippen LogP contribution < -0.4 is 10.6 Å². The molecule has 0 spiro atoms. The molecule has 0 heterocycles. The van der Waals surface area contributed by atoms with E-state index in [4.69, 9.17) is 0 Å². The molecular weight excluding hydrogens is 603 g/mol. The SMILES string of the molecule is CNC(=O)c1ccc(C=Nc2ccccc2N=Cc2ccc(C(=O)NC)cc2O)c(O)c1.[Pt]. The molecule has 0 radical (unpaired) electrons. The number of phenols is 2. The van der Waals surface area contributed by atoms with Crippen molar-refractivity contribution < 1.29 is 40.9 Å². The minimum Gasteiger partial charge on any atom is -0.507 e. The third kappa shape index (κ3) is 6.37. The van der Waals surface area contributed by atoms with E-state index in [2.05, 4.69) is 20.6 Å². The Morgan fingerprint density at radius 1 is 0.727 bits per heavy atom. The van der Waals surface area contributed by atoms with Crippen LogP contribution in [0.2, 0.25) is 0 Å². The van der Waals surface area contributed by atoms with E-state index in [1.165, 1.54) is 38.7 Å². The largest absolute Gasteiger partial charge is 0.507 e. The zero-order valence-corrected chi connectivity index (χ0v) is 20.1. The second-order valence-electron chi connectivity index (χ2n) is 6.71. The molecule has 2 amide bonds. The number of hydrogen-bond donors (Lipinski definition) is 4. The second kappa shape index (κ2) is 11.7. The number of nitrogens with one attached hydrogen (secondary N) is 2. The van der Waals surface area contributed by atoms with Crippen molar-refractivity contribution in [3.8, 4) is 11.5 Å². The average molecular weight is 626 g/mol. The fourth-order valence-electron chi connectivity index (χ4n) is 2.84.